The van der Waals surface area contributed by atoms with E-state index in [0.29, 0.717) is 37.3 Å². The first-order valence-corrected chi connectivity index (χ1v) is 11.6. The predicted octanol–water partition coefficient (Wildman–Crippen LogP) is 2.35. The van der Waals surface area contributed by atoms with Crippen LogP contribution in [-0.4, -0.2) is 47.9 Å². The number of hydrogen-bond acceptors (Lipinski definition) is 5. The molecular formula is C22H32N2O5. The van der Waals surface area contributed by atoms with Gasteiger partial charge in [0.1, 0.15) is 0 Å². The molecule has 2 saturated heterocycles. The smallest absolute Gasteiger partial charge is 0.239 e. The third kappa shape index (κ3) is 3.03. The van der Waals surface area contributed by atoms with E-state index in [2.05, 4.69) is 5.32 Å². The Bertz CT molecular complexity index is 673. The number of hydrogen-bond donors (Lipinski definition) is 1. The summed E-state index contributed by atoms with van der Waals surface area (Å²) in [5.41, 5.74) is 0. The van der Waals surface area contributed by atoms with Crippen LogP contribution in [0.1, 0.15) is 64.2 Å². The van der Waals surface area contributed by atoms with Crippen LogP contribution in [0.15, 0.2) is 0 Å². The van der Waals surface area contributed by atoms with Gasteiger partial charge in [0.25, 0.3) is 0 Å². The van der Waals surface area contributed by atoms with Crippen LogP contribution in [-0.2, 0) is 24.1 Å². The highest BCUT2D eigenvalue weighted by atomic mass is 17.3. The van der Waals surface area contributed by atoms with Gasteiger partial charge in [0.05, 0.1) is 6.54 Å². The molecule has 0 unspecified atom stereocenters. The fourth-order valence-corrected chi connectivity index (χ4v) is 7.34. The minimum Gasteiger partial charge on any atom is -0.353 e. The van der Waals surface area contributed by atoms with Crippen molar-refractivity contribution in [3.8, 4) is 0 Å². The zero-order valence-electron chi connectivity index (χ0n) is 17.1. The lowest BCUT2D eigenvalue weighted by Crippen LogP contribution is -2.59. The van der Waals surface area contributed by atoms with E-state index in [9.17, 15) is 9.59 Å². The van der Waals surface area contributed by atoms with Gasteiger partial charge in [-0.3, -0.25) is 9.59 Å². The normalized spacial score (nSPS) is 48.5. The molecule has 7 fully saturated rings. The lowest BCUT2D eigenvalue weighted by Gasteiger charge is -2.57. The van der Waals surface area contributed by atoms with Crippen molar-refractivity contribution < 1.29 is 24.1 Å². The van der Waals surface area contributed by atoms with Crippen molar-refractivity contribution in [1.29, 1.82) is 0 Å². The van der Waals surface area contributed by atoms with Crippen LogP contribution in [0, 0.1) is 29.6 Å². The summed E-state index contributed by atoms with van der Waals surface area (Å²) in [6, 6.07) is 0. The van der Waals surface area contributed by atoms with Gasteiger partial charge in [0, 0.05) is 44.2 Å². The molecule has 29 heavy (non-hydrogen) atoms. The highest BCUT2D eigenvalue weighted by Crippen LogP contribution is 2.63. The third-order valence-electron chi connectivity index (χ3n) is 8.67. The van der Waals surface area contributed by atoms with E-state index in [1.807, 2.05) is 0 Å². The first-order valence-electron chi connectivity index (χ1n) is 11.6. The second-order valence-electron chi connectivity index (χ2n) is 10.5. The number of amides is 2. The van der Waals surface area contributed by atoms with Crippen molar-refractivity contribution in [2.45, 2.75) is 75.8 Å². The molecule has 4 bridgehead atoms. The Morgan fingerprint density at radius 3 is 2.38 bits per heavy atom. The molecule has 7 nitrogen and oxygen atoms in total. The molecule has 0 radical (unpaired) electrons. The molecule has 0 atom stereocenters. The van der Waals surface area contributed by atoms with Crippen molar-refractivity contribution in [2.24, 2.45) is 29.6 Å². The minimum atomic E-state index is -0.611. The molecule has 7 heteroatoms. The quantitative estimate of drug-likeness (QED) is 0.715. The Morgan fingerprint density at radius 2 is 1.72 bits per heavy atom. The fraction of sp³-hybridized carbons (Fsp3) is 0.909. The van der Waals surface area contributed by atoms with E-state index < -0.39 is 11.6 Å². The SMILES string of the molecule is O=C1CN(C(=O)CC2CCC3(CC2)OOC2(O3)C3CC4CC(C3)CC2C4)CCN1. The van der Waals surface area contributed by atoms with E-state index in [-0.39, 0.29) is 18.4 Å². The Kier molecular flexibility index (Phi) is 4.27. The Morgan fingerprint density at radius 1 is 1.03 bits per heavy atom. The summed E-state index contributed by atoms with van der Waals surface area (Å²) in [4.78, 5) is 37.9. The first-order chi connectivity index (χ1) is 14.0. The number of nitrogens with zero attached hydrogens (tertiary/aromatic N) is 1. The van der Waals surface area contributed by atoms with Crippen molar-refractivity contribution in [1.82, 2.24) is 10.2 Å². The Hall–Kier alpha value is -1.18. The second-order valence-corrected chi connectivity index (χ2v) is 10.5. The monoisotopic (exact) mass is 404 g/mol. The maximum Gasteiger partial charge on any atom is 0.239 e. The largest absolute Gasteiger partial charge is 0.353 e. The standard InChI is InChI=1S/C22H32N2O5/c25-19-13-24(6-5-23-19)20(26)12-14-1-3-21(4-2-14)27-22(29-28-21)17-8-15-7-16(10-17)11-18(22)9-15/h14-18H,1-13H2,(H,23,25). The molecule has 0 aromatic carbocycles. The molecule has 7 rings (SSSR count). The number of ether oxygens (including phenoxy) is 1. The summed E-state index contributed by atoms with van der Waals surface area (Å²) in [5, 5.41) is 2.77. The van der Waals surface area contributed by atoms with Crippen molar-refractivity contribution in [3.63, 3.8) is 0 Å². The van der Waals surface area contributed by atoms with Gasteiger partial charge in [-0.15, -0.1) is 0 Å². The highest BCUT2D eigenvalue weighted by Gasteiger charge is 2.66. The van der Waals surface area contributed by atoms with Gasteiger partial charge >= 0.3 is 0 Å². The summed E-state index contributed by atoms with van der Waals surface area (Å²) in [7, 11) is 0. The van der Waals surface area contributed by atoms with Crippen LogP contribution >= 0.6 is 0 Å². The van der Waals surface area contributed by atoms with Gasteiger partial charge in [-0.05, 0) is 62.7 Å². The molecule has 2 spiro atoms. The third-order valence-corrected chi connectivity index (χ3v) is 8.67. The first kappa shape index (κ1) is 18.6. The van der Waals surface area contributed by atoms with Crippen molar-refractivity contribution >= 4 is 11.8 Å². The van der Waals surface area contributed by atoms with Crippen LogP contribution in [0.4, 0.5) is 0 Å². The fourth-order valence-electron chi connectivity index (χ4n) is 7.34. The number of carbonyl (C=O) groups excluding carboxylic acids is 2. The lowest BCUT2D eigenvalue weighted by molar-refractivity contribution is -0.390. The van der Waals surface area contributed by atoms with Gasteiger partial charge in [0.2, 0.25) is 23.4 Å². The maximum absolute atomic E-state index is 12.6. The summed E-state index contributed by atoms with van der Waals surface area (Å²) in [6.45, 7) is 1.38. The minimum absolute atomic E-state index is 0.0573. The number of piperazine rings is 1. The van der Waals surface area contributed by atoms with Gasteiger partial charge in [-0.25, -0.2) is 0 Å². The molecule has 0 aromatic rings. The topological polar surface area (TPSA) is 77.1 Å². The van der Waals surface area contributed by atoms with Gasteiger partial charge in [-0.2, -0.15) is 9.78 Å². The van der Waals surface area contributed by atoms with Crippen LogP contribution in [0.3, 0.4) is 0 Å². The van der Waals surface area contributed by atoms with E-state index >= 15 is 0 Å². The summed E-state index contributed by atoms with van der Waals surface area (Å²) in [6.07, 6.45) is 10.2. The van der Waals surface area contributed by atoms with Crippen LogP contribution in [0.25, 0.3) is 0 Å². The summed E-state index contributed by atoms with van der Waals surface area (Å²) in [5.74, 6) is 1.97. The molecule has 2 heterocycles. The average molecular weight is 405 g/mol. The lowest BCUT2D eigenvalue weighted by atomic mass is 9.53. The molecule has 1 N–H and O–H groups in total. The van der Waals surface area contributed by atoms with Crippen LogP contribution in [0.2, 0.25) is 0 Å². The van der Waals surface area contributed by atoms with Gasteiger partial charge < -0.3 is 15.0 Å². The average Bonchev–Trinajstić information content (AvgIpc) is 3.08. The highest BCUT2D eigenvalue weighted by molar-refractivity contribution is 5.85. The van der Waals surface area contributed by atoms with E-state index in [0.717, 1.165) is 37.5 Å². The van der Waals surface area contributed by atoms with Gasteiger partial charge in [-0.1, -0.05) is 0 Å². The molecule has 7 aliphatic rings. The molecule has 160 valence electrons. The van der Waals surface area contributed by atoms with E-state index in [4.69, 9.17) is 14.5 Å². The maximum atomic E-state index is 12.6. The Balaban J connectivity index is 1.07. The molecule has 5 saturated carbocycles. The van der Waals surface area contributed by atoms with E-state index in [1.165, 1.54) is 32.1 Å². The Labute approximate surface area is 171 Å². The van der Waals surface area contributed by atoms with Crippen LogP contribution < -0.4 is 5.32 Å². The number of rotatable bonds is 2. The van der Waals surface area contributed by atoms with E-state index in [1.54, 1.807) is 4.90 Å². The predicted molar refractivity (Wildman–Crippen MR) is 102 cm³/mol. The van der Waals surface area contributed by atoms with Crippen LogP contribution in [0.5, 0.6) is 0 Å². The van der Waals surface area contributed by atoms with Crippen molar-refractivity contribution in [2.75, 3.05) is 19.6 Å². The molecule has 2 aliphatic heterocycles. The summed E-state index contributed by atoms with van der Waals surface area (Å²) >= 11 is 0. The van der Waals surface area contributed by atoms with Gasteiger partial charge in [0.15, 0.2) is 0 Å². The molecule has 2 amide bonds. The molecule has 0 aromatic heterocycles. The molecule has 5 aliphatic carbocycles. The molecular weight excluding hydrogens is 372 g/mol. The zero-order chi connectivity index (χ0) is 19.6. The number of nitrogens with one attached hydrogen (secondary N) is 1. The zero-order valence-corrected chi connectivity index (χ0v) is 17.1. The second kappa shape index (κ2) is 6.66. The number of carbonyl (C=O) groups is 2. The summed E-state index contributed by atoms with van der Waals surface area (Å²) < 4.78 is 6.75. The van der Waals surface area contributed by atoms with Crippen molar-refractivity contribution in [3.05, 3.63) is 0 Å².